The van der Waals surface area contributed by atoms with Crippen LogP contribution in [-0.4, -0.2) is 20.9 Å². The predicted octanol–water partition coefficient (Wildman–Crippen LogP) is -1.10. The standard InChI is InChI=1S/C5H5N5O/c6-1-2-10-3-4(5(7)11)8-9-10/h3H,2H2,(H2,7,11). The molecule has 6 nitrogen and oxygen atoms in total. The summed E-state index contributed by atoms with van der Waals surface area (Å²) in [5.41, 5.74) is 4.96. The molecule has 0 bridgehead atoms. The van der Waals surface area contributed by atoms with Crippen LogP contribution in [0, 0.1) is 11.3 Å². The van der Waals surface area contributed by atoms with E-state index in [4.69, 9.17) is 11.0 Å². The van der Waals surface area contributed by atoms with Gasteiger partial charge in [0.2, 0.25) is 0 Å². The first-order chi connectivity index (χ1) is 5.24. The number of nitrogens with zero attached hydrogens (tertiary/aromatic N) is 4. The fraction of sp³-hybridized carbons (Fsp3) is 0.200. The van der Waals surface area contributed by atoms with Crippen molar-refractivity contribution in [3.8, 4) is 6.07 Å². The van der Waals surface area contributed by atoms with Crippen molar-refractivity contribution in [2.75, 3.05) is 0 Å². The van der Waals surface area contributed by atoms with E-state index in [1.807, 2.05) is 6.07 Å². The molecule has 0 radical (unpaired) electrons. The number of hydrogen-bond acceptors (Lipinski definition) is 4. The topological polar surface area (TPSA) is 97.6 Å². The van der Waals surface area contributed by atoms with Crippen molar-refractivity contribution in [1.29, 1.82) is 5.26 Å². The Hall–Kier alpha value is -1.90. The van der Waals surface area contributed by atoms with Crippen molar-refractivity contribution in [3.63, 3.8) is 0 Å². The van der Waals surface area contributed by atoms with Gasteiger partial charge in [-0.25, -0.2) is 4.68 Å². The van der Waals surface area contributed by atoms with E-state index in [2.05, 4.69) is 10.3 Å². The van der Waals surface area contributed by atoms with Gasteiger partial charge in [0.15, 0.2) is 5.69 Å². The first kappa shape index (κ1) is 7.21. The highest BCUT2D eigenvalue weighted by molar-refractivity contribution is 5.90. The Morgan fingerprint density at radius 3 is 3.09 bits per heavy atom. The first-order valence-electron chi connectivity index (χ1n) is 2.81. The summed E-state index contributed by atoms with van der Waals surface area (Å²) in [5, 5.41) is 15.1. The lowest BCUT2D eigenvalue weighted by molar-refractivity contribution is 0.0995. The smallest absolute Gasteiger partial charge is 0.270 e. The molecule has 0 saturated heterocycles. The number of rotatable bonds is 2. The molecule has 0 unspecified atom stereocenters. The Labute approximate surface area is 62.2 Å². The van der Waals surface area contributed by atoms with Crippen LogP contribution >= 0.6 is 0 Å². The van der Waals surface area contributed by atoms with E-state index in [0.29, 0.717) is 0 Å². The maximum absolute atomic E-state index is 10.4. The van der Waals surface area contributed by atoms with E-state index in [-0.39, 0.29) is 12.2 Å². The second-order valence-corrected chi connectivity index (χ2v) is 1.82. The molecule has 0 saturated carbocycles. The number of nitrogens with two attached hydrogens (primary N) is 1. The number of aromatic nitrogens is 3. The molecule has 6 heteroatoms. The van der Waals surface area contributed by atoms with Crippen LogP contribution in [0.2, 0.25) is 0 Å². The second kappa shape index (κ2) is 2.79. The quantitative estimate of drug-likeness (QED) is 0.580. The highest BCUT2D eigenvalue weighted by Gasteiger charge is 2.04. The van der Waals surface area contributed by atoms with Crippen LogP contribution in [0.3, 0.4) is 0 Å². The summed E-state index contributed by atoms with van der Waals surface area (Å²) >= 11 is 0. The predicted molar refractivity (Wildman–Crippen MR) is 34.2 cm³/mol. The lowest BCUT2D eigenvalue weighted by Gasteiger charge is -1.84. The van der Waals surface area contributed by atoms with Crippen LogP contribution in [0.5, 0.6) is 0 Å². The van der Waals surface area contributed by atoms with E-state index in [0.717, 1.165) is 0 Å². The van der Waals surface area contributed by atoms with Gasteiger partial charge in [-0.05, 0) is 0 Å². The Kier molecular flexibility index (Phi) is 1.83. The number of carbonyl (C=O) groups is 1. The minimum Gasteiger partial charge on any atom is -0.364 e. The number of nitriles is 1. The minimum absolute atomic E-state index is 0.0697. The molecule has 0 spiro atoms. The largest absolute Gasteiger partial charge is 0.364 e. The Bertz CT molecular complexity index is 309. The van der Waals surface area contributed by atoms with Crippen molar-refractivity contribution in [1.82, 2.24) is 15.0 Å². The van der Waals surface area contributed by atoms with Crippen molar-refractivity contribution >= 4 is 5.91 Å². The lowest BCUT2D eigenvalue weighted by atomic mass is 10.5. The normalized spacial score (nSPS) is 9.00. The summed E-state index contributed by atoms with van der Waals surface area (Å²) in [6.07, 6.45) is 1.32. The van der Waals surface area contributed by atoms with Gasteiger partial charge in [-0.3, -0.25) is 4.79 Å². The van der Waals surface area contributed by atoms with E-state index < -0.39 is 5.91 Å². The third-order valence-electron chi connectivity index (χ3n) is 1.02. The van der Waals surface area contributed by atoms with Crippen LogP contribution in [0.25, 0.3) is 0 Å². The highest BCUT2D eigenvalue weighted by Crippen LogP contribution is 1.89. The maximum atomic E-state index is 10.4. The van der Waals surface area contributed by atoms with Crippen molar-refractivity contribution in [2.24, 2.45) is 5.73 Å². The molecule has 0 atom stereocenters. The Morgan fingerprint density at radius 1 is 1.91 bits per heavy atom. The molecule has 11 heavy (non-hydrogen) atoms. The van der Waals surface area contributed by atoms with E-state index in [1.54, 1.807) is 0 Å². The molecular weight excluding hydrogens is 146 g/mol. The molecule has 56 valence electrons. The Morgan fingerprint density at radius 2 is 2.64 bits per heavy atom. The molecule has 0 aliphatic carbocycles. The van der Waals surface area contributed by atoms with Crippen molar-refractivity contribution in [2.45, 2.75) is 6.54 Å². The third-order valence-corrected chi connectivity index (χ3v) is 1.02. The van der Waals surface area contributed by atoms with E-state index in [1.165, 1.54) is 10.9 Å². The molecule has 0 aliphatic heterocycles. The minimum atomic E-state index is -0.644. The van der Waals surface area contributed by atoms with Gasteiger partial charge in [0, 0.05) is 0 Å². The summed E-state index contributed by atoms with van der Waals surface area (Å²) in [5.74, 6) is -0.644. The molecule has 1 aromatic rings. The second-order valence-electron chi connectivity index (χ2n) is 1.82. The molecule has 1 rings (SSSR count). The summed E-state index contributed by atoms with van der Waals surface area (Å²) in [6, 6.07) is 1.84. The van der Waals surface area contributed by atoms with Gasteiger partial charge in [-0.2, -0.15) is 5.26 Å². The zero-order valence-corrected chi connectivity index (χ0v) is 5.56. The molecule has 1 aromatic heterocycles. The summed E-state index contributed by atoms with van der Waals surface area (Å²) in [7, 11) is 0. The molecule has 0 aliphatic rings. The lowest BCUT2D eigenvalue weighted by Crippen LogP contribution is -2.11. The zero-order chi connectivity index (χ0) is 8.27. The summed E-state index contributed by atoms with van der Waals surface area (Å²) in [6.45, 7) is 0.0697. The Balaban J connectivity index is 2.83. The summed E-state index contributed by atoms with van der Waals surface area (Å²) < 4.78 is 1.24. The highest BCUT2D eigenvalue weighted by atomic mass is 16.1. The number of hydrogen-bond donors (Lipinski definition) is 1. The number of amides is 1. The fourth-order valence-electron chi connectivity index (χ4n) is 0.561. The van der Waals surface area contributed by atoms with Crippen LogP contribution in [0.15, 0.2) is 6.20 Å². The first-order valence-corrected chi connectivity index (χ1v) is 2.81. The molecule has 1 amide bonds. The average molecular weight is 151 g/mol. The SMILES string of the molecule is N#CCn1cc(C(N)=O)nn1. The molecule has 0 aromatic carbocycles. The molecule has 2 N–H and O–H groups in total. The van der Waals surface area contributed by atoms with Gasteiger partial charge in [-0.1, -0.05) is 5.21 Å². The average Bonchev–Trinajstić information content (AvgIpc) is 2.37. The van der Waals surface area contributed by atoms with Crippen molar-refractivity contribution in [3.05, 3.63) is 11.9 Å². The monoisotopic (exact) mass is 151 g/mol. The van der Waals surface area contributed by atoms with Gasteiger partial charge in [0.05, 0.1) is 12.3 Å². The van der Waals surface area contributed by atoms with Gasteiger partial charge < -0.3 is 5.73 Å². The van der Waals surface area contributed by atoms with E-state index >= 15 is 0 Å². The van der Waals surface area contributed by atoms with Crippen LogP contribution in [-0.2, 0) is 6.54 Å². The van der Waals surface area contributed by atoms with E-state index in [9.17, 15) is 4.79 Å². The molecule has 1 heterocycles. The van der Waals surface area contributed by atoms with Gasteiger partial charge in [0.25, 0.3) is 5.91 Å². The van der Waals surface area contributed by atoms with Crippen molar-refractivity contribution < 1.29 is 4.79 Å². The van der Waals surface area contributed by atoms with Crippen LogP contribution in [0.1, 0.15) is 10.5 Å². The maximum Gasteiger partial charge on any atom is 0.270 e. The van der Waals surface area contributed by atoms with Crippen LogP contribution in [0.4, 0.5) is 0 Å². The zero-order valence-electron chi connectivity index (χ0n) is 5.56. The van der Waals surface area contributed by atoms with Gasteiger partial charge in [-0.15, -0.1) is 5.10 Å². The van der Waals surface area contributed by atoms with Gasteiger partial charge in [0.1, 0.15) is 6.54 Å². The summed E-state index contributed by atoms with van der Waals surface area (Å²) in [4.78, 5) is 10.4. The number of primary amides is 1. The number of carbonyl (C=O) groups excluding carboxylic acids is 1. The molecule has 0 fully saturated rings. The third kappa shape index (κ3) is 1.52. The fourth-order valence-corrected chi connectivity index (χ4v) is 0.561. The van der Waals surface area contributed by atoms with Crippen LogP contribution < -0.4 is 5.73 Å². The van der Waals surface area contributed by atoms with Gasteiger partial charge >= 0.3 is 0 Å². The molecular formula is C5H5N5O.